The lowest BCUT2D eigenvalue weighted by molar-refractivity contribution is -0.137. The molecule has 0 saturated carbocycles. The van der Waals surface area contributed by atoms with Crippen LogP contribution in [0.1, 0.15) is 45.9 Å². The third-order valence-electron chi connectivity index (χ3n) is 7.82. The molecule has 9 nitrogen and oxygen atoms in total. The van der Waals surface area contributed by atoms with E-state index in [9.17, 15) is 18.0 Å². The highest BCUT2D eigenvalue weighted by Gasteiger charge is 2.54. The fourth-order valence-corrected chi connectivity index (χ4v) is 5.81. The number of nitrogens with zero attached hydrogens (tertiary/aromatic N) is 4. The summed E-state index contributed by atoms with van der Waals surface area (Å²) in [4.78, 5) is 22.5. The third kappa shape index (κ3) is 7.99. The fourth-order valence-electron chi connectivity index (χ4n) is 5.38. The van der Waals surface area contributed by atoms with Gasteiger partial charge in [0.25, 0.3) is 5.91 Å². The summed E-state index contributed by atoms with van der Waals surface area (Å²) < 4.78 is 52.5. The van der Waals surface area contributed by atoms with Crippen molar-refractivity contribution in [2.45, 2.75) is 43.8 Å². The van der Waals surface area contributed by atoms with Gasteiger partial charge < -0.3 is 19.9 Å². The van der Waals surface area contributed by atoms with Crippen LogP contribution in [0.5, 0.6) is 5.75 Å². The van der Waals surface area contributed by atoms with E-state index in [2.05, 4.69) is 31.3 Å². The topological polar surface area (TPSA) is 129 Å². The normalized spacial score (nSPS) is 17.2. The number of aliphatic hydroxyl groups is 1. The Morgan fingerprint density at radius 1 is 1.02 bits per heavy atom. The van der Waals surface area contributed by atoms with E-state index in [0.29, 0.717) is 41.0 Å². The van der Waals surface area contributed by atoms with Gasteiger partial charge in [0.05, 0.1) is 18.7 Å². The van der Waals surface area contributed by atoms with E-state index >= 15 is 0 Å². The second-order valence-corrected chi connectivity index (χ2v) is 11.9. The summed E-state index contributed by atoms with van der Waals surface area (Å²) in [5.41, 5.74) is 9.71. The maximum absolute atomic E-state index is 14.6. The average Bonchev–Trinajstić information content (AvgIpc) is 3.47. The number of aliphatic imine (C=N–C) groups is 1. The van der Waals surface area contributed by atoms with Crippen molar-refractivity contribution in [3.63, 3.8) is 0 Å². The smallest absolute Gasteiger partial charge is 0.416 e. The highest BCUT2D eigenvalue weighted by molar-refractivity contribution is 9.10. The van der Waals surface area contributed by atoms with Crippen LogP contribution in [-0.4, -0.2) is 35.7 Å². The Bertz CT molecular complexity index is 1810. The number of amides is 1. The standard InChI is InChI=1S/C35H31BrF3N5O4/c36-30-9-4-2-6-25(30)20-34(33(46)41-21-23-10-14-27(15-11-23)35(37,38)39)31(29-8-3-1-7-26(29)22-42-44-40)48-32(43-34)24-12-16-28(17-13-24)47-19-5-18-45/h1-4,6-17,31,45H,5,18-22H2,(H,41,46)/t31-,34-/m1/s1. The number of azide groups is 1. The molecule has 0 aromatic heterocycles. The van der Waals surface area contributed by atoms with Crippen LogP contribution in [0.3, 0.4) is 0 Å². The minimum Gasteiger partial charge on any atom is -0.494 e. The number of hydrogen-bond acceptors (Lipinski definition) is 6. The van der Waals surface area contributed by atoms with Gasteiger partial charge in [0.2, 0.25) is 5.90 Å². The molecule has 0 saturated heterocycles. The molecular weight excluding hydrogens is 691 g/mol. The number of carbonyl (C=O) groups excluding carboxylic acids is 1. The Balaban J connectivity index is 1.58. The van der Waals surface area contributed by atoms with Gasteiger partial charge in [-0.05, 0) is 70.2 Å². The number of nitrogens with one attached hydrogen (secondary N) is 1. The van der Waals surface area contributed by atoms with Crippen LogP contribution in [0.25, 0.3) is 10.4 Å². The molecule has 1 amide bonds. The van der Waals surface area contributed by atoms with Crippen molar-refractivity contribution in [3.05, 3.63) is 145 Å². The molecule has 1 heterocycles. The molecule has 2 N–H and O–H groups in total. The molecule has 0 bridgehead atoms. The van der Waals surface area contributed by atoms with E-state index in [0.717, 1.165) is 22.2 Å². The number of ether oxygens (including phenoxy) is 2. The average molecular weight is 723 g/mol. The van der Waals surface area contributed by atoms with E-state index in [-0.39, 0.29) is 32.0 Å². The second-order valence-electron chi connectivity index (χ2n) is 11.0. The summed E-state index contributed by atoms with van der Waals surface area (Å²) in [7, 11) is 0. The number of halogens is 4. The van der Waals surface area contributed by atoms with Gasteiger partial charge in [0.1, 0.15) is 5.75 Å². The lowest BCUT2D eigenvalue weighted by Crippen LogP contribution is -2.50. The molecule has 1 aliphatic rings. The number of alkyl halides is 3. The van der Waals surface area contributed by atoms with Crippen LogP contribution in [0, 0.1) is 0 Å². The zero-order valence-corrected chi connectivity index (χ0v) is 27.1. The predicted octanol–water partition coefficient (Wildman–Crippen LogP) is 7.86. The molecule has 4 aromatic rings. The molecule has 0 aliphatic carbocycles. The van der Waals surface area contributed by atoms with E-state index in [4.69, 9.17) is 25.1 Å². The van der Waals surface area contributed by atoms with Crippen LogP contribution in [0.2, 0.25) is 0 Å². The Morgan fingerprint density at radius 3 is 2.38 bits per heavy atom. The number of carbonyl (C=O) groups is 1. The first kappa shape index (κ1) is 34.5. The number of rotatable bonds is 13. The molecule has 48 heavy (non-hydrogen) atoms. The highest BCUT2D eigenvalue weighted by Crippen LogP contribution is 2.44. The van der Waals surface area contributed by atoms with Crippen molar-refractivity contribution in [1.82, 2.24) is 5.32 Å². The largest absolute Gasteiger partial charge is 0.494 e. The lowest BCUT2D eigenvalue weighted by Gasteiger charge is -2.32. The van der Waals surface area contributed by atoms with Crippen LogP contribution >= 0.6 is 15.9 Å². The van der Waals surface area contributed by atoms with Crippen LogP contribution in [0.4, 0.5) is 13.2 Å². The van der Waals surface area contributed by atoms with Gasteiger partial charge in [-0.25, -0.2) is 4.99 Å². The van der Waals surface area contributed by atoms with Crippen molar-refractivity contribution in [3.8, 4) is 5.75 Å². The first-order chi connectivity index (χ1) is 23.1. The summed E-state index contributed by atoms with van der Waals surface area (Å²) in [6.45, 7) is 0.282. The van der Waals surface area contributed by atoms with E-state index < -0.39 is 29.3 Å². The van der Waals surface area contributed by atoms with E-state index in [1.54, 1.807) is 48.5 Å². The maximum Gasteiger partial charge on any atom is 0.416 e. The summed E-state index contributed by atoms with van der Waals surface area (Å²) in [5.74, 6) is 0.258. The van der Waals surface area contributed by atoms with Crippen molar-refractivity contribution in [2.24, 2.45) is 10.1 Å². The molecule has 0 spiro atoms. The molecular formula is C35H31BrF3N5O4. The Labute approximate surface area is 283 Å². The van der Waals surface area contributed by atoms with Crippen molar-refractivity contribution in [2.75, 3.05) is 13.2 Å². The second kappa shape index (κ2) is 15.4. The zero-order valence-electron chi connectivity index (χ0n) is 25.5. The maximum atomic E-state index is 14.6. The highest BCUT2D eigenvalue weighted by atomic mass is 79.9. The molecule has 5 rings (SSSR count). The molecule has 0 unspecified atom stereocenters. The van der Waals surface area contributed by atoms with Crippen molar-refractivity contribution < 1.29 is 32.5 Å². The third-order valence-corrected chi connectivity index (χ3v) is 8.60. The van der Waals surface area contributed by atoms with E-state index in [1.807, 2.05) is 24.3 Å². The van der Waals surface area contributed by atoms with Gasteiger partial charge in [0, 0.05) is 40.9 Å². The van der Waals surface area contributed by atoms with Crippen LogP contribution in [-0.2, 0) is 35.2 Å². The minimum absolute atomic E-state index is 0.0000268. The quantitative estimate of drug-likeness (QED) is 0.0630. The lowest BCUT2D eigenvalue weighted by atomic mass is 9.80. The van der Waals surface area contributed by atoms with E-state index in [1.165, 1.54) is 12.1 Å². The van der Waals surface area contributed by atoms with Crippen LogP contribution in [0.15, 0.2) is 112 Å². The number of benzene rings is 4. The molecule has 4 aromatic carbocycles. The Hall–Kier alpha value is -4.84. The molecule has 13 heteroatoms. The van der Waals surface area contributed by atoms with Gasteiger partial charge in [-0.2, -0.15) is 13.2 Å². The van der Waals surface area contributed by atoms with Gasteiger partial charge in [-0.3, -0.25) is 4.79 Å². The van der Waals surface area contributed by atoms with Crippen molar-refractivity contribution in [1.29, 1.82) is 0 Å². The first-order valence-corrected chi connectivity index (χ1v) is 15.8. The molecule has 2 atom stereocenters. The fraction of sp³-hybridized carbons (Fsp3) is 0.257. The SMILES string of the molecule is [N-]=[N+]=NCc1ccccc1[C@H]1OC(c2ccc(OCCCO)cc2)=N[C@@]1(Cc1ccccc1Br)C(=O)NCc1ccc(C(F)(F)F)cc1. The van der Waals surface area contributed by atoms with Gasteiger partial charge in [-0.1, -0.05) is 75.6 Å². The number of aliphatic hydroxyl groups excluding tert-OH is 1. The van der Waals surface area contributed by atoms with Gasteiger partial charge in [-0.15, -0.1) is 0 Å². The minimum atomic E-state index is -4.48. The van der Waals surface area contributed by atoms with Crippen LogP contribution < -0.4 is 10.1 Å². The van der Waals surface area contributed by atoms with Crippen molar-refractivity contribution >= 4 is 27.7 Å². The molecule has 0 fully saturated rings. The number of hydrogen-bond donors (Lipinski definition) is 2. The molecule has 248 valence electrons. The Kier molecular flexibility index (Phi) is 11.0. The Morgan fingerprint density at radius 2 is 1.71 bits per heavy atom. The predicted molar refractivity (Wildman–Crippen MR) is 177 cm³/mol. The summed E-state index contributed by atoms with van der Waals surface area (Å²) in [6.07, 6.45) is -4.91. The summed E-state index contributed by atoms with van der Waals surface area (Å²) >= 11 is 3.60. The first-order valence-electron chi connectivity index (χ1n) is 15.0. The zero-order chi connectivity index (χ0) is 34.1. The molecule has 1 aliphatic heterocycles. The monoisotopic (exact) mass is 721 g/mol. The van der Waals surface area contributed by atoms with Gasteiger partial charge >= 0.3 is 6.18 Å². The molecule has 0 radical (unpaired) electrons. The summed E-state index contributed by atoms with van der Waals surface area (Å²) in [6, 6.07) is 26.1. The summed E-state index contributed by atoms with van der Waals surface area (Å²) in [5, 5.41) is 15.7. The van der Waals surface area contributed by atoms with Gasteiger partial charge in [0.15, 0.2) is 11.6 Å².